The zero-order valence-electron chi connectivity index (χ0n) is 5.94. The van der Waals surface area contributed by atoms with Gasteiger partial charge >= 0.3 is 0 Å². The summed E-state index contributed by atoms with van der Waals surface area (Å²) in [7, 11) is 1.63. The first kappa shape index (κ1) is 6.99. The molecule has 0 amide bonds. The van der Waals surface area contributed by atoms with Gasteiger partial charge in [-0.3, -0.25) is 0 Å². The van der Waals surface area contributed by atoms with Gasteiger partial charge in [0.05, 0.1) is 5.60 Å². The zero-order chi connectivity index (χ0) is 6.74. The molecular weight excluding hydrogens is 118 g/mol. The lowest BCUT2D eigenvalue weighted by atomic mass is 10.0. The first-order valence-electron chi connectivity index (χ1n) is 3.10. The van der Waals surface area contributed by atoms with Crippen LogP contribution in [0.3, 0.4) is 0 Å². The van der Waals surface area contributed by atoms with E-state index in [0.717, 1.165) is 13.1 Å². The Hall–Kier alpha value is -0.120. The highest BCUT2D eigenvalue weighted by Crippen LogP contribution is 2.14. The molecule has 1 aliphatic heterocycles. The minimum absolute atomic E-state index is 0.0377. The predicted molar refractivity (Wildman–Crippen MR) is 34.2 cm³/mol. The van der Waals surface area contributed by atoms with E-state index in [2.05, 4.69) is 12.2 Å². The SMILES string of the molecule is COCOC1(C)CNC1. The summed E-state index contributed by atoms with van der Waals surface area (Å²) < 4.78 is 10.1. The summed E-state index contributed by atoms with van der Waals surface area (Å²) in [5, 5.41) is 3.13. The van der Waals surface area contributed by atoms with Crippen molar-refractivity contribution in [2.45, 2.75) is 12.5 Å². The van der Waals surface area contributed by atoms with Crippen LogP contribution < -0.4 is 5.32 Å². The minimum Gasteiger partial charge on any atom is -0.359 e. The molecule has 3 heteroatoms. The number of hydrogen-bond acceptors (Lipinski definition) is 3. The van der Waals surface area contributed by atoms with Crippen molar-refractivity contribution in [3.8, 4) is 0 Å². The number of hydrogen-bond donors (Lipinski definition) is 1. The van der Waals surface area contributed by atoms with Crippen molar-refractivity contribution in [3.05, 3.63) is 0 Å². The molecule has 54 valence electrons. The summed E-state index contributed by atoms with van der Waals surface area (Å²) in [5.74, 6) is 0. The van der Waals surface area contributed by atoms with Crippen LogP contribution >= 0.6 is 0 Å². The summed E-state index contributed by atoms with van der Waals surface area (Å²) in [6.07, 6.45) is 0. The molecule has 1 heterocycles. The maximum absolute atomic E-state index is 5.33. The Morgan fingerprint density at radius 3 is 2.56 bits per heavy atom. The Labute approximate surface area is 55.3 Å². The molecule has 1 aliphatic rings. The highest BCUT2D eigenvalue weighted by molar-refractivity contribution is 4.89. The molecule has 0 aliphatic carbocycles. The third-order valence-corrected chi connectivity index (χ3v) is 1.52. The van der Waals surface area contributed by atoms with Gasteiger partial charge in [0.25, 0.3) is 0 Å². The van der Waals surface area contributed by atoms with Crippen LogP contribution in [0.2, 0.25) is 0 Å². The lowest BCUT2D eigenvalue weighted by Crippen LogP contribution is -2.59. The standard InChI is InChI=1S/C6H13NO2/c1-6(3-7-4-6)9-5-8-2/h7H,3-5H2,1-2H3. The topological polar surface area (TPSA) is 30.5 Å². The van der Waals surface area contributed by atoms with Gasteiger partial charge in [-0.2, -0.15) is 0 Å². The van der Waals surface area contributed by atoms with Crippen LogP contribution in [0.1, 0.15) is 6.92 Å². The second-order valence-corrected chi connectivity index (χ2v) is 2.60. The Morgan fingerprint density at radius 1 is 1.56 bits per heavy atom. The number of methoxy groups -OCH3 is 1. The lowest BCUT2D eigenvalue weighted by molar-refractivity contribution is -0.142. The molecule has 0 radical (unpaired) electrons. The Morgan fingerprint density at radius 2 is 2.22 bits per heavy atom. The fraction of sp³-hybridized carbons (Fsp3) is 1.00. The molecule has 0 saturated carbocycles. The molecule has 0 spiro atoms. The summed E-state index contributed by atoms with van der Waals surface area (Å²) in [6, 6.07) is 0. The predicted octanol–water partition coefficient (Wildman–Crippen LogP) is -0.0312. The Kier molecular flexibility index (Phi) is 2.05. The molecule has 9 heavy (non-hydrogen) atoms. The monoisotopic (exact) mass is 131 g/mol. The number of nitrogens with one attached hydrogen (secondary N) is 1. The fourth-order valence-electron chi connectivity index (χ4n) is 0.780. The van der Waals surface area contributed by atoms with Crippen LogP contribution in [0.5, 0.6) is 0 Å². The first-order chi connectivity index (χ1) is 4.27. The summed E-state index contributed by atoms with van der Waals surface area (Å²) in [4.78, 5) is 0. The van der Waals surface area contributed by atoms with Crippen LogP contribution in [0.15, 0.2) is 0 Å². The molecule has 1 saturated heterocycles. The molecular formula is C6H13NO2. The quantitative estimate of drug-likeness (QED) is 0.545. The molecule has 0 aromatic carbocycles. The molecule has 0 unspecified atom stereocenters. The van der Waals surface area contributed by atoms with E-state index >= 15 is 0 Å². The van der Waals surface area contributed by atoms with E-state index in [1.54, 1.807) is 7.11 Å². The number of ether oxygens (including phenoxy) is 2. The van der Waals surface area contributed by atoms with Gasteiger partial charge in [-0.1, -0.05) is 0 Å². The number of rotatable bonds is 3. The maximum Gasteiger partial charge on any atom is 0.147 e. The van der Waals surface area contributed by atoms with Crippen LogP contribution in [0, 0.1) is 0 Å². The van der Waals surface area contributed by atoms with E-state index in [1.165, 1.54) is 0 Å². The highest BCUT2D eigenvalue weighted by Gasteiger charge is 2.32. The molecule has 0 bridgehead atoms. The van der Waals surface area contributed by atoms with Crippen LogP contribution in [-0.4, -0.2) is 32.6 Å². The molecule has 3 nitrogen and oxygen atoms in total. The van der Waals surface area contributed by atoms with Gasteiger partial charge in [-0.15, -0.1) is 0 Å². The third-order valence-electron chi connectivity index (χ3n) is 1.52. The van der Waals surface area contributed by atoms with Crippen molar-refractivity contribution in [2.75, 3.05) is 27.0 Å². The molecule has 0 aromatic heterocycles. The van der Waals surface area contributed by atoms with Crippen molar-refractivity contribution < 1.29 is 9.47 Å². The van der Waals surface area contributed by atoms with Crippen LogP contribution in [-0.2, 0) is 9.47 Å². The highest BCUT2D eigenvalue weighted by atomic mass is 16.7. The van der Waals surface area contributed by atoms with Gasteiger partial charge in [0.1, 0.15) is 6.79 Å². The second-order valence-electron chi connectivity index (χ2n) is 2.60. The summed E-state index contributed by atoms with van der Waals surface area (Å²) in [6.45, 7) is 4.35. The molecule has 1 rings (SSSR count). The summed E-state index contributed by atoms with van der Waals surface area (Å²) in [5.41, 5.74) is 0.0377. The average Bonchev–Trinajstić information content (AvgIpc) is 1.79. The largest absolute Gasteiger partial charge is 0.359 e. The van der Waals surface area contributed by atoms with Gasteiger partial charge < -0.3 is 14.8 Å². The molecule has 1 N–H and O–H groups in total. The Bertz CT molecular complexity index is 91.1. The van der Waals surface area contributed by atoms with Gasteiger partial charge in [0, 0.05) is 20.2 Å². The normalized spacial score (nSPS) is 23.3. The van der Waals surface area contributed by atoms with Crippen molar-refractivity contribution in [1.29, 1.82) is 0 Å². The van der Waals surface area contributed by atoms with E-state index in [1.807, 2.05) is 0 Å². The van der Waals surface area contributed by atoms with Crippen molar-refractivity contribution in [1.82, 2.24) is 5.32 Å². The third kappa shape index (κ3) is 1.64. The Balaban J connectivity index is 2.09. The molecule has 0 aromatic rings. The maximum atomic E-state index is 5.33. The van der Waals surface area contributed by atoms with Gasteiger partial charge in [-0.05, 0) is 6.92 Å². The van der Waals surface area contributed by atoms with Crippen molar-refractivity contribution in [3.63, 3.8) is 0 Å². The van der Waals surface area contributed by atoms with Crippen molar-refractivity contribution >= 4 is 0 Å². The van der Waals surface area contributed by atoms with Gasteiger partial charge in [0.2, 0.25) is 0 Å². The summed E-state index contributed by atoms with van der Waals surface area (Å²) >= 11 is 0. The first-order valence-corrected chi connectivity index (χ1v) is 3.10. The lowest BCUT2D eigenvalue weighted by Gasteiger charge is -2.38. The van der Waals surface area contributed by atoms with E-state index in [9.17, 15) is 0 Å². The van der Waals surface area contributed by atoms with E-state index in [0.29, 0.717) is 6.79 Å². The van der Waals surface area contributed by atoms with E-state index in [-0.39, 0.29) is 5.60 Å². The van der Waals surface area contributed by atoms with Crippen molar-refractivity contribution in [2.24, 2.45) is 0 Å². The fourth-order valence-corrected chi connectivity index (χ4v) is 0.780. The van der Waals surface area contributed by atoms with Crippen LogP contribution in [0.25, 0.3) is 0 Å². The minimum atomic E-state index is 0.0377. The van der Waals surface area contributed by atoms with Gasteiger partial charge in [0.15, 0.2) is 0 Å². The average molecular weight is 131 g/mol. The van der Waals surface area contributed by atoms with E-state index < -0.39 is 0 Å². The van der Waals surface area contributed by atoms with Gasteiger partial charge in [-0.25, -0.2) is 0 Å². The molecule has 1 fully saturated rings. The molecule has 0 atom stereocenters. The second kappa shape index (κ2) is 2.64. The smallest absolute Gasteiger partial charge is 0.147 e. The van der Waals surface area contributed by atoms with Crippen LogP contribution in [0.4, 0.5) is 0 Å². The van der Waals surface area contributed by atoms with E-state index in [4.69, 9.17) is 9.47 Å². The zero-order valence-corrected chi connectivity index (χ0v) is 5.94.